The molecule has 0 atom stereocenters. The summed E-state index contributed by atoms with van der Waals surface area (Å²) in [4.78, 5) is 14.2. The fourth-order valence-corrected chi connectivity index (χ4v) is 1.92. The molecule has 0 spiro atoms. The van der Waals surface area contributed by atoms with Crippen LogP contribution in [0.2, 0.25) is 0 Å². The quantitative estimate of drug-likeness (QED) is 0.762. The maximum Gasteiger partial charge on any atom is 0.340 e. The van der Waals surface area contributed by atoms with Gasteiger partial charge in [0.1, 0.15) is 17.1 Å². The second-order valence-corrected chi connectivity index (χ2v) is 3.70. The van der Waals surface area contributed by atoms with E-state index in [1.54, 1.807) is 13.0 Å². The van der Waals surface area contributed by atoms with E-state index in [2.05, 4.69) is 4.98 Å². The molecule has 1 aromatic heterocycles. The van der Waals surface area contributed by atoms with E-state index in [0.717, 1.165) is 5.69 Å². The van der Waals surface area contributed by atoms with Crippen LogP contribution in [0.25, 0.3) is 10.9 Å². The smallest absolute Gasteiger partial charge is 0.340 e. The molecule has 0 aliphatic carbocycles. The van der Waals surface area contributed by atoms with Gasteiger partial charge in [0.25, 0.3) is 0 Å². The summed E-state index contributed by atoms with van der Waals surface area (Å²) >= 11 is 0. The number of nitrogens with one attached hydrogen (secondary N) is 1. The number of H-pyrrole nitrogens is 1. The number of aromatic carboxylic acids is 1. The summed E-state index contributed by atoms with van der Waals surface area (Å²) < 4.78 is 5.43. The van der Waals surface area contributed by atoms with E-state index in [1.807, 2.05) is 6.92 Å². The summed E-state index contributed by atoms with van der Waals surface area (Å²) in [6, 6.07) is 2.99. The lowest BCUT2D eigenvalue weighted by Gasteiger charge is -2.05. The average Bonchev–Trinajstić information content (AvgIpc) is 2.56. The molecule has 0 unspecified atom stereocenters. The Hall–Kier alpha value is -2.17. The van der Waals surface area contributed by atoms with Gasteiger partial charge in [0.2, 0.25) is 0 Å². The van der Waals surface area contributed by atoms with Crippen molar-refractivity contribution in [1.29, 1.82) is 0 Å². The lowest BCUT2D eigenvalue weighted by atomic mass is 10.1. The number of carboxylic acids is 1. The Morgan fingerprint density at radius 1 is 1.47 bits per heavy atom. The standard InChI is InChI=1S/C12H13NO4/c1-3-17-11-6(2)13-7-4-5-8(14)10(9(7)11)12(15)16/h4-5,13-14H,3H2,1-2H3,(H,15,16). The minimum Gasteiger partial charge on any atom is -0.507 e. The Labute approximate surface area is 97.6 Å². The zero-order valence-electron chi connectivity index (χ0n) is 9.57. The number of aromatic amines is 1. The van der Waals surface area contributed by atoms with E-state index in [0.29, 0.717) is 23.3 Å². The van der Waals surface area contributed by atoms with E-state index in [4.69, 9.17) is 9.84 Å². The molecule has 0 saturated carbocycles. The van der Waals surface area contributed by atoms with Crippen molar-refractivity contribution in [3.8, 4) is 11.5 Å². The maximum atomic E-state index is 11.2. The molecular weight excluding hydrogens is 222 g/mol. The number of aromatic nitrogens is 1. The molecule has 1 aromatic carbocycles. The van der Waals surface area contributed by atoms with Crippen molar-refractivity contribution in [2.45, 2.75) is 13.8 Å². The Morgan fingerprint density at radius 3 is 2.76 bits per heavy atom. The third-order valence-corrected chi connectivity index (χ3v) is 2.58. The molecule has 2 rings (SSSR count). The lowest BCUT2D eigenvalue weighted by Crippen LogP contribution is -1.99. The summed E-state index contributed by atoms with van der Waals surface area (Å²) in [6.07, 6.45) is 0. The van der Waals surface area contributed by atoms with Crippen LogP contribution in [0.3, 0.4) is 0 Å². The third-order valence-electron chi connectivity index (χ3n) is 2.58. The number of carboxylic acid groups (broad SMARTS) is 1. The van der Waals surface area contributed by atoms with E-state index in [1.165, 1.54) is 6.07 Å². The molecule has 90 valence electrons. The highest BCUT2D eigenvalue weighted by molar-refractivity contribution is 6.08. The van der Waals surface area contributed by atoms with E-state index in [-0.39, 0.29) is 11.3 Å². The van der Waals surface area contributed by atoms with Crippen molar-refractivity contribution in [3.63, 3.8) is 0 Å². The summed E-state index contributed by atoms with van der Waals surface area (Å²) in [5.41, 5.74) is 1.26. The van der Waals surface area contributed by atoms with Gasteiger partial charge in [-0.05, 0) is 26.0 Å². The van der Waals surface area contributed by atoms with Crippen LogP contribution >= 0.6 is 0 Å². The first-order valence-corrected chi connectivity index (χ1v) is 5.26. The SMILES string of the molecule is CCOc1c(C)[nH]c2ccc(O)c(C(=O)O)c12. The van der Waals surface area contributed by atoms with Gasteiger partial charge in [0, 0.05) is 0 Å². The van der Waals surface area contributed by atoms with Gasteiger partial charge in [-0.2, -0.15) is 0 Å². The van der Waals surface area contributed by atoms with Crippen LogP contribution in [0.1, 0.15) is 23.0 Å². The molecule has 0 fully saturated rings. The molecule has 0 amide bonds. The first-order valence-electron chi connectivity index (χ1n) is 5.26. The number of aromatic hydroxyl groups is 1. The zero-order chi connectivity index (χ0) is 12.6. The molecule has 0 bridgehead atoms. The second-order valence-electron chi connectivity index (χ2n) is 3.70. The first kappa shape index (κ1) is 11.3. The molecule has 5 heteroatoms. The molecule has 0 aliphatic rings. The molecule has 0 aliphatic heterocycles. The van der Waals surface area contributed by atoms with Gasteiger partial charge in [-0.3, -0.25) is 0 Å². The van der Waals surface area contributed by atoms with Crippen LogP contribution < -0.4 is 4.74 Å². The second kappa shape index (κ2) is 4.01. The number of carbonyl (C=O) groups is 1. The average molecular weight is 235 g/mol. The largest absolute Gasteiger partial charge is 0.507 e. The molecule has 0 radical (unpaired) electrons. The Bertz CT molecular complexity index is 586. The van der Waals surface area contributed by atoms with Crippen LogP contribution in [0.4, 0.5) is 0 Å². The Balaban J connectivity index is 2.85. The van der Waals surface area contributed by atoms with Crippen LogP contribution in [0.15, 0.2) is 12.1 Å². The number of benzene rings is 1. The summed E-state index contributed by atoms with van der Waals surface area (Å²) in [7, 11) is 0. The molecule has 2 aromatic rings. The fourth-order valence-electron chi connectivity index (χ4n) is 1.92. The van der Waals surface area contributed by atoms with Crippen molar-refractivity contribution in [3.05, 3.63) is 23.4 Å². The molecule has 0 saturated heterocycles. The highest BCUT2D eigenvalue weighted by Crippen LogP contribution is 2.36. The molecule has 1 heterocycles. The number of rotatable bonds is 3. The predicted octanol–water partition coefficient (Wildman–Crippen LogP) is 2.28. The van der Waals surface area contributed by atoms with Crippen molar-refractivity contribution < 1.29 is 19.7 Å². The third kappa shape index (κ3) is 1.69. The highest BCUT2D eigenvalue weighted by atomic mass is 16.5. The molecular formula is C12H13NO4. The van der Waals surface area contributed by atoms with E-state index >= 15 is 0 Å². The normalized spacial score (nSPS) is 10.7. The van der Waals surface area contributed by atoms with Crippen molar-refractivity contribution in [1.82, 2.24) is 4.98 Å². The highest BCUT2D eigenvalue weighted by Gasteiger charge is 2.20. The number of hydrogen-bond acceptors (Lipinski definition) is 3. The molecule has 3 N–H and O–H groups in total. The van der Waals surface area contributed by atoms with Crippen LogP contribution in [-0.2, 0) is 0 Å². The van der Waals surface area contributed by atoms with Crippen molar-refractivity contribution in [2.24, 2.45) is 0 Å². The van der Waals surface area contributed by atoms with Gasteiger partial charge in [-0.1, -0.05) is 0 Å². The van der Waals surface area contributed by atoms with Crippen LogP contribution in [0, 0.1) is 6.92 Å². The number of phenols is 1. The first-order chi connectivity index (χ1) is 8.06. The monoisotopic (exact) mass is 235 g/mol. The maximum absolute atomic E-state index is 11.2. The zero-order valence-corrected chi connectivity index (χ0v) is 9.57. The summed E-state index contributed by atoms with van der Waals surface area (Å²) in [5.74, 6) is -0.950. The van der Waals surface area contributed by atoms with Gasteiger partial charge in [0.05, 0.1) is 23.2 Å². The summed E-state index contributed by atoms with van der Waals surface area (Å²) in [6.45, 7) is 4.05. The molecule has 5 nitrogen and oxygen atoms in total. The van der Waals surface area contributed by atoms with Crippen LogP contribution in [-0.4, -0.2) is 27.8 Å². The van der Waals surface area contributed by atoms with Crippen LogP contribution in [0.5, 0.6) is 11.5 Å². The van der Waals surface area contributed by atoms with Crippen molar-refractivity contribution >= 4 is 16.9 Å². The minimum absolute atomic E-state index is 0.129. The Morgan fingerprint density at radius 2 is 2.18 bits per heavy atom. The van der Waals surface area contributed by atoms with Gasteiger partial charge >= 0.3 is 5.97 Å². The lowest BCUT2D eigenvalue weighted by molar-refractivity contribution is 0.0695. The van der Waals surface area contributed by atoms with Crippen molar-refractivity contribution in [2.75, 3.05) is 6.61 Å². The Kier molecular flexibility index (Phi) is 2.67. The van der Waals surface area contributed by atoms with Gasteiger partial charge < -0.3 is 19.9 Å². The van der Waals surface area contributed by atoms with E-state index < -0.39 is 5.97 Å². The topological polar surface area (TPSA) is 82.5 Å². The minimum atomic E-state index is -1.17. The van der Waals surface area contributed by atoms with Gasteiger partial charge in [0.15, 0.2) is 0 Å². The van der Waals surface area contributed by atoms with Gasteiger partial charge in [-0.15, -0.1) is 0 Å². The number of hydrogen-bond donors (Lipinski definition) is 3. The number of fused-ring (bicyclic) bond motifs is 1. The number of ether oxygens (including phenoxy) is 1. The van der Waals surface area contributed by atoms with E-state index in [9.17, 15) is 9.90 Å². The molecule has 17 heavy (non-hydrogen) atoms. The summed E-state index contributed by atoms with van der Waals surface area (Å²) in [5, 5.41) is 19.2. The number of aryl methyl sites for hydroxylation is 1. The predicted molar refractivity (Wildman–Crippen MR) is 62.8 cm³/mol. The fraction of sp³-hybridized carbons (Fsp3) is 0.250. The van der Waals surface area contributed by atoms with Gasteiger partial charge in [-0.25, -0.2) is 4.79 Å².